The van der Waals surface area contributed by atoms with E-state index in [0.29, 0.717) is 36.1 Å². The van der Waals surface area contributed by atoms with Crippen LogP contribution in [0.3, 0.4) is 0 Å². The molecule has 1 amide bonds. The van der Waals surface area contributed by atoms with Crippen molar-refractivity contribution in [2.45, 2.75) is 32.4 Å². The van der Waals surface area contributed by atoms with Gasteiger partial charge in [-0.3, -0.25) is 19.7 Å². The van der Waals surface area contributed by atoms with Crippen molar-refractivity contribution >= 4 is 22.6 Å². The molecule has 2 heterocycles. The number of para-hydroxylation sites is 1. The topological polar surface area (TPSA) is 103 Å². The Morgan fingerprint density at radius 2 is 1.84 bits per heavy atom. The lowest BCUT2D eigenvalue weighted by atomic mass is 9.98. The normalized spacial score (nSPS) is 15.6. The Labute approximate surface area is 178 Å². The second-order valence-electron chi connectivity index (χ2n) is 7.69. The average Bonchev–Trinajstić information content (AvgIpc) is 3.03. The van der Waals surface area contributed by atoms with Gasteiger partial charge in [-0.25, -0.2) is 0 Å². The van der Waals surface area contributed by atoms with Crippen LogP contribution in [-0.2, 0) is 4.74 Å². The van der Waals surface area contributed by atoms with E-state index in [0.717, 1.165) is 0 Å². The molecular formula is C23H22N2O6. The van der Waals surface area contributed by atoms with E-state index in [1.807, 2.05) is 13.8 Å². The van der Waals surface area contributed by atoms with E-state index in [-0.39, 0.29) is 34.5 Å². The summed E-state index contributed by atoms with van der Waals surface area (Å²) < 4.78 is 11.4. The van der Waals surface area contributed by atoms with Crippen molar-refractivity contribution in [3.8, 4) is 0 Å². The fourth-order valence-electron chi connectivity index (χ4n) is 3.88. The lowest BCUT2D eigenvalue weighted by Gasteiger charge is -2.25. The van der Waals surface area contributed by atoms with Crippen LogP contribution in [0.5, 0.6) is 0 Å². The minimum Gasteiger partial charge on any atom is -0.450 e. The minimum atomic E-state index is -0.678. The van der Waals surface area contributed by atoms with Crippen LogP contribution in [0.2, 0.25) is 0 Å². The highest BCUT2D eigenvalue weighted by atomic mass is 16.6. The maximum Gasteiger partial charge on any atom is 0.290 e. The van der Waals surface area contributed by atoms with Gasteiger partial charge in [-0.1, -0.05) is 12.1 Å². The van der Waals surface area contributed by atoms with Gasteiger partial charge in [0.1, 0.15) is 5.58 Å². The smallest absolute Gasteiger partial charge is 0.290 e. The van der Waals surface area contributed by atoms with Crippen LogP contribution in [0.25, 0.3) is 11.0 Å². The summed E-state index contributed by atoms with van der Waals surface area (Å²) in [7, 11) is 0. The first-order valence-corrected chi connectivity index (χ1v) is 10.1. The molecule has 0 bridgehead atoms. The molecule has 0 radical (unpaired) electrons. The van der Waals surface area contributed by atoms with Gasteiger partial charge in [0.25, 0.3) is 11.6 Å². The molecule has 0 N–H and O–H groups in total. The van der Waals surface area contributed by atoms with Gasteiger partial charge in [0.2, 0.25) is 5.76 Å². The number of fused-ring (bicyclic) bond motifs is 2. The third-order valence-electron chi connectivity index (χ3n) is 5.29. The number of nitro groups is 1. The van der Waals surface area contributed by atoms with E-state index in [1.54, 1.807) is 41.3 Å². The van der Waals surface area contributed by atoms with Crippen molar-refractivity contribution in [1.29, 1.82) is 0 Å². The van der Waals surface area contributed by atoms with E-state index in [4.69, 9.17) is 9.15 Å². The van der Waals surface area contributed by atoms with Crippen LogP contribution in [-0.4, -0.2) is 35.0 Å². The van der Waals surface area contributed by atoms with Crippen LogP contribution in [0.4, 0.5) is 5.69 Å². The van der Waals surface area contributed by atoms with E-state index < -0.39 is 11.0 Å². The Morgan fingerprint density at radius 3 is 2.52 bits per heavy atom. The van der Waals surface area contributed by atoms with Crippen LogP contribution >= 0.6 is 0 Å². The molecule has 2 aromatic carbocycles. The molecule has 3 aromatic rings. The monoisotopic (exact) mass is 422 g/mol. The minimum absolute atomic E-state index is 0.0248. The van der Waals surface area contributed by atoms with Crippen molar-refractivity contribution in [3.63, 3.8) is 0 Å². The molecule has 8 nitrogen and oxygen atoms in total. The van der Waals surface area contributed by atoms with Gasteiger partial charge >= 0.3 is 0 Å². The molecule has 1 aliphatic rings. The molecule has 4 rings (SSSR count). The van der Waals surface area contributed by atoms with Crippen LogP contribution < -0.4 is 5.43 Å². The zero-order valence-electron chi connectivity index (χ0n) is 17.2. The Kier molecular flexibility index (Phi) is 5.56. The number of carbonyl (C=O) groups excluding carboxylic acids is 1. The highest BCUT2D eigenvalue weighted by Gasteiger charge is 2.42. The summed E-state index contributed by atoms with van der Waals surface area (Å²) in [4.78, 5) is 38.7. The van der Waals surface area contributed by atoms with E-state index >= 15 is 0 Å². The first-order chi connectivity index (χ1) is 14.9. The molecule has 31 heavy (non-hydrogen) atoms. The summed E-state index contributed by atoms with van der Waals surface area (Å²) in [6, 6.07) is 12.0. The highest BCUT2D eigenvalue weighted by molar-refractivity contribution is 5.99. The number of non-ortho nitro benzene ring substituents is 1. The third-order valence-corrected chi connectivity index (χ3v) is 5.29. The summed E-state index contributed by atoms with van der Waals surface area (Å²) in [5.74, 6) is -0.345. The number of benzene rings is 2. The van der Waals surface area contributed by atoms with E-state index in [9.17, 15) is 19.7 Å². The molecule has 8 heteroatoms. The van der Waals surface area contributed by atoms with Crippen LogP contribution in [0.15, 0.2) is 57.7 Å². The standard InChI is InChI=1S/C23H22N2O6/c1-14(2)30-13-5-12-24-20(15-8-10-16(11-9-15)25(28)29)19-21(26)17-6-3-4-7-18(17)31-22(19)23(24)27/h3-4,6-11,14,20H,5,12-13H2,1-2H3. The molecule has 1 aliphatic heterocycles. The lowest BCUT2D eigenvalue weighted by molar-refractivity contribution is -0.384. The molecule has 160 valence electrons. The van der Waals surface area contributed by atoms with Gasteiger partial charge < -0.3 is 14.1 Å². The van der Waals surface area contributed by atoms with Gasteiger partial charge in [0.05, 0.1) is 28.0 Å². The summed E-state index contributed by atoms with van der Waals surface area (Å²) >= 11 is 0. The van der Waals surface area contributed by atoms with Crippen molar-refractivity contribution in [3.05, 3.63) is 85.8 Å². The number of amides is 1. The Morgan fingerprint density at radius 1 is 1.13 bits per heavy atom. The second-order valence-corrected chi connectivity index (χ2v) is 7.69. The van der Waals surface area contributed by atoms with E-state index in [2.05, 4.69) is 0 Å². The van der Waals surface area contributed by atoms with Crippen LogP contribution in [0.1, 0.15) is 48.0 Å². The van der Waals surface area contributed by atoms with E-state index in [1.165, 1.54) is 12.1 Å². The molecule has 0 spiro atoms. The van der Waals surface area contributed by atoms with Crippen LogP contribution in [0, 0.1) is 10.1 Å². The van der Waals surface area contributed by atoms with Crippen molar-refractivity contribution in [2.75, 3.05) is 13.2 Å². The van der Waals surface area contributed by atoms with Gasteiger partial charge in [0.15, 0.2) is 5.43 Å². The number of hydrogen-bond donors (Lipinski definition) is 0. The second kappa shape index (κ2) is 8.31. The predicted molar refractivity (Wildman–Crippen MR) is 114 cm³/mol. The van der Waals surface area contributed by atoms with Crippen molar-refractivity contribution < 1.29 is 18.9 Å². The van der Waals surface area contributed by atoms with Crippen molar-refractivity contribution in [1.82, 2.24) is 4.90 Å². The number of carbonyl (C=O) groups is 1. The molecule has 1 aromatic heterocycles. The fraction of sp³-hybridized carbons (Fsp3) is 0.304. The Balaban J connectivity index is 1.79. The van der Waals surface area contributed by atoms with Gasteiger partial charge in [-0.05, 0) is 50.1 Å². The molecule has 1 unspecified atom stereocenters. The fourth-order valence-corrected chi connectivity index (χ4v) is 3.88. The molecular weight excluding hydrogens is 400 g/mol. The highest BCUT2D eigenvalue weighted by Crippen LogP contribution is 2.38. The summed E-state index contributed by atoms with van der Waals surface area (Å²) in [6.45, 7) is 4.69. The number of nitrogens with zero attached hydrogens (tertiary/aromatic N) is 2. The first-order valence-electron chi connectivity index (χ1n) is 10.1. The summed E-state index contributed by atoms with van der Waals surface area (Å²) in [6.07, 6.45) is 0.653. The maximum absolute atomic E-state index is 13.3. The summed E-state index contributed by atoms with van der Waals surface area (Å²) in [5.41, 5.74) is 0.907. The third kappa shape index (κ3) is 3.82. The molecule has 0 saturated carbocycles. The first kappa shape index (κ1) is 20.7. The predicted octanol–water partition coefficient (Wildman–Crippen LogP) is 4.06. The summed E-state index contributed by atoms with van der Waals surface area (Å²) in [5, 5.41) is 11.4. The Bertz CT molecular complexity index is 1200. The number of hydrogen-bond acceptors (Lipinski definition) is 6. The SMILES string of the molecule is CC(C)OCCCN1C(=O)c2oc3ccccc3c(=O)c2C1c1ccc([N+](=O)[O-])cc1. The van der Waals surface area contributed by atoms with Gasteiger partial charge in [-0.15, -0.1) is 0 Å². The zero-order valence-corrected chi connectivity index (χ0v) is 17.2. The number of nitro benzene ring substituents is 1. The molecule has 0 aliphatic carbocycles. The zero-order chi connectivity index (χ0) is 22.1. The molecule has 0 fully saturated rings. The van der Waals surface area contributed by atoms with Gasteiger partial charge in [-0.2, -0.15) is 0 Å². The quantitative estimate of drug-likeness (QED) is 0.323. The Hall–Kier alpha value is -3.52. The average molecular weight is 422 g/mol. The molecule has 0 saturated heterocycles. The number of ether oxygens (including phenoxy) is 1. The largest absolute Gasteiger partial charge is 0.450 e. The lowest BCUT2D eigenvalue weighted by Crippen LogP contribution is -2.31. The maximum atomic E-state index is 13.3. The number of rotatable bonds is 7. The molecule has 1 atom stereocenters. The van der Waals surface area contributed by atoms with Gasteiger partial charge in [0, 0.05) is 25.3 Å². The van der Waals surface area contributed by atoms with Crippen molar-refractivity contribution in [2.24, 2.45) is 0 Å².